The van der Waals surface area contributed by atoms with E-state index >= 15 is 0 Å². The van der Waals surface area contributed by atoms with E-state index in [1.807, 2.05) is 0 Å². The average molecular weight is 447 g/mol. The van der Waals surface area contributed by atoms with Crippen molar-refractivity contribution in [1.82, 2.24) is 0 Å². The van der Waals surface area contributed by atoms with Gasteiger partial charge in [-0.05, 0) is 74.2 Å². The van der Waals surface area contributed by atoms with E-state index in [-0.39, 0.29) is 11.5 Å². The molecule has 0 aromatic heterocycles. The fourth-order valence-corrected chi connectivity index (χ4v) is 3.20. The Labute approximate surface area is 181 Å². The molecule has 3 rings (SSSR count). The summed E-state index contributed by atoms with van der Waals surface area (Å²) in [7, 11) is 0. The standard InChI is InChI=1S/C23H20F3NO5/c1-22(2,21(30)31)32-17-8-9-18-14(12-17)6-7-15(19(18)28)10-13-4-3-5-16(11-13)27-20(29)23(24,25)26/h3-5,8-12H,6-7H2,1-2H3,(H,27,29)(H,30,31)/b15-10-. The Hall–Kier alpha value is -3.62. The van der Waals surface area contributed by atoms with Gasteiger partial charge < -0.3 is 15.2 Å². The third kappa shape index (κ3) is 5.16. The third-order valence-corrected chi connectivity index (χ3v) is 4.91. The molecule has 0 heterocycles. The summed E-state index contributed by atoms with van der Waals surface area (Å²) in [4.78, 5) is 35.3. The van der Waals surface area contributed by atoms with Gasteiger partial charge in [0.2, 0.25) is 0 Å². The number of ketones is 1. The Balaban J connectivity index is 1.80. The minimum atomic E-state index is -5.00. The number of aliphatic carboxylic acids is 1. The normalized spacial score (nSPS) is 15.3. The maximum Gasteiger partial charge on any atom is 0.471 e. The van der Waals surface area contributed by atoms with Crippen LogP contribution >= 0.6 is 0 Å². The number of rotatable bonds is 5. The number of halogens is 3. The molecule has 32 heavy (non-hydrogen) atoms. The van der Waals surface area contributed by atoms with Crippen LogP contribution < -0.4 is 10.1 Å². The molecule has 9 heteroatoms. The minimum Gasteiger partial charge on any atom is -0.478 e. The van der Waals surface area contributed by atoms with Crippen LogP contribution in [-0.2, 0) is 16.0 Å². The SMILES string of the molecule is CC(C)(Oc1ccc2c(c1)CC/C(=C/c1cccc(NC(=O)C(F)(F)F)c1)C2=O)C(=O)O. The van der Waals surface area contributed by atoms with Crippen molar-refractivity contribution in [3.63, 3.8) is 0 Å². The molecule has 1 amide bonds. The number of alkyl halides is 3. The number of amides is 1. The summed E-state index contributed by atoms with van der Waals surface area (Å²) in [6.07, 6.45) is -2.54. The lowest BCUT2D eigenvalue weighted by Crippen LogP contribution is -2.37. The number of allylic oxidation sites excluding steroid dienone is 1. The molecule has 0 bridgehead atoms. The monoisotopic (exact) mass is 447 g/mol. The average Bonchev–Trinajstić information content (AvgIpc) is 2.69. The summed E-state index contributed by atoms with van der Waals surface area (Å²) < 4.78 is 42.9. The Morgan fingerprint density at radius 2 is 1.81 bits per heavy atom. The minimum absolute atomic E-state index is 0.0341. The van der Waals surface area contributed by atoms with Gasteiger partial charge in [-0.15, -0.1) is 0 Å². The lowest BCUT2D eigenvalue weighted by molar-refractivity contribution is -0.167. The summed E-state index contributed by atoms with van der Waals surface area (Å²) >= 11 is 0. The number of hydrogen-bond acceptors (Lipinski definition) is 4. The molecule has 0 saturated carbocycles. The highest BCUT2D eigenvalue weighted by Gasteiger charge is 2.38. The van der Waals surface area contributed by atoms with E-state index in [4.69, 9.17) is 4.74 Å². The fourth-order valence-electron chi connectivity index (χ4n) is 3.20. The zero-order chi connectivity index (χ0) is 23.7. The quantitative estimate of drug-likeness (QED) is 0.652. The van der Waals surface area contributed by atoms with Gasteiger partial charge in [-0.2, -0.15) is 13.2 Å². The fraction of sp³-hybridized carbons (Fsp3) is 0.261. The van der Waals surface area contributed by atoms with Crippen LogP contribution in [0.1, 0.15) is 41.8 Å². The van der Waals surface area contributed by atoms with Crippen LogP contribution in [0.5, 0.6) is 5.75 Å². The highest BCUT2D eigenvalue weighted by Crippen LogP contribution is 2.31. The summed E-state index contributed by atoms with van der Waals surface area (Å²) in [6.45, 7) is 2.85. The van der Waals surface area contributed by atoms with E-state index < -0.39 is 23.7 Å². The molecule has 0 fully saturated rings. The molecule has 6 nitrogen and oxygen atoms in total. The van der Waals surface area contributed by atoms with Crippen molar-refractivity contribution in [1.29, 1.82) is 0 Å². The van der Waals surface area contributed by atoms with E-state index in [2.05, 4.69) is 0 Å². The Morgan fingerprint density at radius 1 is 1.09 bits per heavy atom. The zero-order valence-electron chi connectivity index (χ0n) is 17.2. The molecule has 1 aliphatic carbocycles. The second kappa shape index (κ2) is 8.49. The number of carboxylic acid groups (broad SMARTS) is 1. The van der Waals surface area contributed by atoms with Crippen LogP contribution in [0.25, 0.3) is 6.08 Å². The van der Waals surface area contributed by atoms with E-state index in [9.17, 15) is 32.7 Å². The van der Waals surface area contributed by atoms with Crippen molar-refractivity contribution < 1.29 is 37.4 Å². The van der Waals surface area contributed by atoms with Crippen molar-refractivity contribution in [2.45, 2.75) is 38.5 Å². The lowest BCUT2D eigenvalue weighted by atomic mass is 9.86. The van der Waals surface area contributed by atoms with E-state index in [0.717, 1.165) is 5.56 Å². The number of aryl methyl sites for hydroxylation is 1. The van der Waals surface area contributed by atoms with Crippen LogP contribution in [0.2, 0.25) is 0 Å². The highest BCUT2D eigenvalue weighted by atomic mass is 19.4. The number of carbonyl (C=O) groups excluding carboxylic acids is 2. The molecule has 0 spiro atoms. The van der Waals surface area contributed by atoms with Crippen molar-refractivity contribution >= 4 is 29.4 Å². The predicted octanol–water partition coefficient (Wildman–Crippen LogP) is 4.64. The van der Waals surface area contributed by atoms with Gasteiger partial charge in [-0.25, -0.2) is 4.79 Å². The lowest BCUT2D eigenvalue weighted by Gasteiger charge is -2.23. The number of benzene rings is 2. The molecule has 0 aliphatic heterocycles. The molecule has 0 atom stereocenters. The molecule has 168 valence electrons. The number of carbonyl (C=O) groups is 3. The first-order valence-corrected chi connectivity index (χ1v) is 9.66. The largest absolute Gasteiger partial charge is 0.478 e. The smallest absolute Gasteiger partial charge is 0.471 e. The Morgan fingerprint density at radius 3 is 2.47 bits per heavy atom. The van der Waals surface area contributed by atoms with Gasteiger partial charge in [0.05, 0.1) is 0 Å². The van der Waals surface area contributed by atoms with Crippen LogP contribution in [0.15, 0.2) is 48.0 Å². The number of carboxylic acids is 1. The second-order valence-corrected chi connectivity index (χ2v) is 7.81. The number of Topliss-reactive ketones (excluding diaryl/α,β-unsaturated/α-hetero) is 1. The van der Waals surface area contributed by atoms with Gasteiger partial charge in [-0.1, -0.05) is 12.1 Å². The molecule has 1 aliphatic rings. The van der Waals surface area contributed by atoms with Gasteiger partial charge in [0.1, 0.15) is 5.75 Å². The molecule has 0 saturated heterocycles. The maximum atomic E-state index is 12.9. The predicted molar refractivity (Wildman–Crippen MR) is 111 cm³/mol. The topological polar surface area (TPSA) is 92.7 Å². The highest BCUT2D eigenvalue weighted by molar-refractivity contribution is 6.13. The first-order chi connectivity index (χ1) is 14.9. The van der Waals surface area contributed by atoms with Gasteiger partial charge >= 0.3 is 18.1 Å². The Bertz CT molecular complexity index is 1120. The number of fused-ring (bicyclic) bond motifs is 1. The number of hydrogen-bond donors (Lipinski definition) is 2. The van der Waals surface area contributed by atoms with E-state index in [1.165, 1.54) is 38.1 Å². The molecule has 0 radical (unpaired) electrons. The molecular formula is C23H20F3NO5. The number of ether oxygens (including phenoxy) is 1. The number of anilines is 1. The summed E-state index contributed by atoms with van der Waals surface area (Å²) in [6, 6.07) is 10.5. The summed E-state index contributed by atoms with van der Waals surface area (Å²) in [5, 5.41) is 11.0. The van der Waals surface area contributed by atoms with Crippen LogP contribution in [0.4, 0.5) is 18.9 Å². The van der Waals surface area contributed by atoms with Crippen LogP contribution in [0, 0.1) is 0 Å². The van der Waals surface area contributed by atoms with Crippen molar-refractivity contribution in [2.24, 2.45) is 0 Å². The van der Waals surface area contributed by atoms with Gasteiger partial charge in [-0.3, -0.25) is 9.59 Å². The van der Waals surface area contributed by atoms with Crippen molar-refractivity contribution in [3.8, 4) is 5.75 Å². The van der Waals surface area contributed by atoms with Crippen LogP contribution in [0.3, 0.4) is 0 Å². The summed E-state index contributed by atoms with van der Waals surface area (Å²) in [5.41, 5.74) is 0.649. The molecular weight excluding hydrogens is 427 g/mol. The van der Waals surface area contributed by atoms with Gasteiger partial charge in [0, 0.05) is 16.8 Å². The maximum absolute atomic E-state index is 12.9. The van der Waals surface area contributed by atoms with E-state index in [0.29, 0.717) is 35.3 Å². The third-order valence-electron chi connectivity index (χ3n) is 4.91. The molecule has 2 N–H and O–H groups in total. The first kappa shape index (κ1) is 23.1. The van der Waals surface area contributed by atoms with Crippen molar-refractivity contribution in [2.75, 3.05) is 5.32 Å². The first-order valence-electron chi connectivity index (χ1n) is 9.66. The summed E-state index contributed by atoms with van der Waals surface area (Å²) in [5.74, 6) is -3.09. The van der Waals surface area contributed by atoms with Crippen LogP contribution in [-0.4, -0.2) is 34.5 Å². The molecule has 0 unspecified atom stereocenters. The second-order valence-electron chi connectivity index (χ2n) is 7.81. The van der Waals surface area contributed by atoms with Crippen molar-refractivity contribution in [3.05, 3.63) is 64.7 Å². The van der Waals surface area contributed by atoms with Gasteiger partial charge in [0.15, 0.2) is 11.4 Å². The molecule has 2 aromatic rings. The number of nitrogens with one attached hydrogen (secondary N) is 1. The van der Waals surface area contributed by atoms with E-state index in [1.54, 1.807) is 29.6 Å². The Kier molecular flexibility index (Phi) is 6.11. The van der Waals surface area contributed by atoms with Gasteiger partial charge in [0.25, 0.3) is 0 Å². The zero-order valence-corrected chi connectivity index (χ0v) is 17.2. The molecule has 2 aromatic carbocycles.